The van der Waals surface area contributed by atoms with E-state index in [0.717, 1.165) is 6.42 Å². The van der Waals surface area contributed by atoms with Crippen molar-refractivity contribution in [1.29, 1.82) is 0 Å². The monoisotopic (exact) mass is 315 g/mol. The third kappa shape index (κ3) is 4.39. The predicted octanol–water partition coefficient (Wildman–Crippen LogP) is 3.74. The normalized spacial score (nSPS) is 10.0. The number of anilines is 1. The molecule has 0 atom stereocenters. The van der Waals surface area contributed by atoms with Gasteiger partial charge in [-0.2, -0.15) is 0 Å². The summed E-state index contributed by atoms with van der Waals surface area (Å²) in [6.45, 7) is 2.66. The van der Waals surface area contributed by atoms with Crippen molar-refractivity contribution >= 4 is 11.6 Å². The molecule has 2 rings (SSSR count). The topological polar surface area (TPSA) is 56.8 Å². The second-order valence-corrected chi connectivity index (χ2v) is 4.90. The molecule has 0 heterocycles. The average Bonchev–Trinajstić information content (AvgIpc) is 2.60. The summed E-state index contributed by atoms with van der Waals surface area (Å²) in [7, 11) is 3.12. The van der Waals surface area contributed by atoms with Crippen molar-refractivity contribution < 1.29 is 19.0 Å². The summed E-state index contributed by atoms with van der Waals surface area (Å²) >= 11 is 0. The second-order valence-electron chi connectivity index (χ2n) is 4.90. The Balaban J connectivity index is 2.12. The Bertz CT molecular complexity index is 670. The third-order valence-electron chi connectivity index (χ3n) is 3.21. The Kier molecular flexibility index (Phi) is 5.86. The number of carbonyl (C=O) groups excluding carboxylic acids is 1. The summed E-state index contributed by atoms with van der Waals surface area (Å²) in [5.74, 6) is 1.65. The molecule has 0 aliphatic carbocycles. The Morgan fingerprint density at radius 1 is 1.04 bits per heavy atom. The van der Waals surface area contributed by atoms with Gasteiger partial charge >= 0.3 is 0 Å². The minimum atomic E-state index is -0.209. The molecule has 2 aromatic carbocycles. The van der Waals surface area contributed by atoms with Crippen LogP contribution in [0.15, 0.2) is 42.5 Å². The van der Waals surface area contributed by atoms with E-state index in [0.29, 0.717) is 35.1 Å². The quantitative estimate of drug-likeness (QED) is 0.845. The summed E-state index contributed by atoms with van der Waals surface area (Å²) in [6, 6.07) is 12.3. The van der Waals surface area contributed by atoms with Gasteiger partial charge in [0.25, 0.3) is 5.91 Å². The van der Waals surface area contributed by atoms with Gasteiger partial charge in [-0.3, -0.25) is 4.79 Å². The molecule has 23 heavy (non-hydrogen) atoms. The molecule has 0 bridgehead atoms. The van der Waals surface area contributed by atoms with Crippen LogP contribution in [0.3, 0.4) is 0 Å². The SMILES string of the molecule is CCCOc1cccc(C(=O)Nc2ccc(OC)c(OC)c2)c1. The highest BCUT2D eigenvalue weighted by atomic mass is 16.5. The molecule has 122 valence electrons. The summed E-state index contributed by atoms with van der Waals surface area (Å²) in [5.41, 5.74) is 1.17. The molecule has 0 spiro atoms. The Morgan fingerprint density at radius 3 is 2.52 bits per heavy atom. The van der Waals surface area contributed by atoms with E-state index in [-0.39, 0.29) is 5.91 Å². The maximum absolute atomic E-state index is 12.4. The van der Waals surface area contributed by atoms with Crippen molar-refractivity contribution in [3.8, 4) is 17.2 Å². The first kappa shape index (κ1) is 16.7. The lowest BCUT2D eigenvalue weighted by Crippen LogP contribution is -2.12. The van der Waals surface area contributed by atoms with Crippen molar-refractivity contribution in [3.05, 3.63) is 48.0 Å². The fourth-order valence-electron chi connectivity index (χ4n) is 2.06. The molecule has 0 radical (unpaired) electrons. The van der Waals surface area contributed by atoms with Gasteiger partial charge in [-0.05, 0) is 36.8 Å². The van der Waals surface area contributed by atoms with Crippen LogP contribution in [0, 0.1) is 0 Å². The van der Waals surface area contributed by atoms with Gasteiger partial charge in [-0.1, -0.05) is 13.0 Å². The first-order chi connectivity index (χ1) is 11.2. The number of nitrogens with one attached hydrogen (secondary N) is 1. The zero-order chi connectivity index (χ0) is 16.7. The first-order valence-electron chi connectivity index (χ1n) is 7.44. The largest absolute Gasteiger partial charge is 0.494 e. The van der Waals surface area contributed by atoms with Gasteiger partial charge in [0.15, 0.2) is 11.5 Å². The molecule has 0 saturated carbocycles. The van der Waals surface area contributed by atoms with Gasteiger partial charge in [0.1, 0.15) is 5.75 Å². The minimum Gasteiger partial charge on any atom is -0.494 e. The molecule has 2 aromatic rings. The van der Waals surface area contributed by atoms with Crippen LogP contribution in [0.4, 0.5) is 5.69 Å². The number of hydrogen-bond donors (Lipinski definition) is 1. The van der Waals surface area contributed by atoms with E-state index in [9.17, 15) is 4.79 Å². The highest BCUT2D eigenvalue weighted by Gasteiger charge is 2.10. The second kappa shape index (κ2) is 8.08. The van der Waals surface area contributed by atoms with Gasteiger partial charge < -0.3 is 19.5 Å². The highest BCUT2D eigenvalue weighted by Crippen LogP contribution is 2.30. The number of benzene rings is 2. The van der Waals surface area contributed by atoms with Crippen LogP contribution in [-0.2, 0) is 0 Å². The maximum Gasteiger partial charge on any atom is 0.255 e. The van der Waals surface area contributed by atoms with Crippen LogP contribution in [0.25, 0.3) is 0 Å². The molecule has 5 nitrogen and oxygen atoms in total. The zero-order valence-corrected chi connectivity index (χ0v) is 13.6. The van der Waals surface area contributed by atoms with E-state index >= 15 is 0 Å². The summed E-state index contributed by atoms with van der Waals surface area (Å²) < 4.78 is 16.0. The molecule has 1 N–H and O–H groups in total. The number of ether oxygens (including phenoxy) is 3. The number of methoxy groups -OCH3 is 2. The molecule has 0 saturated heterocycles. The van der Waals surface area contributed by atoms with Crippen molar-refractivity contribution in [2.75, 3.05) is 26.1 Å². The lowest BCUT2D eigenvalue weighted by molar-refractivity contribution is 0.102. The number of carbonyl (C=O) groups is 1. The fraction of sp³-hybridized carbons (Fsp3) is 0.278. The van der Waals surface area contributed by atoms with Crippen LogP contribution in [0.5, 0.6) is 17.2 Å². The van der Waals surface area contributed by atoms with Gasteiger partial charge in [0.05, 0.1) is 20.8 Å². The van der Waals surface area contributed by atoms with Crippen molar-refractivity contribution in [3.63, 3.8) is 0 Å². The van der Waals surface area contributed by atoms with Crippen LogP contribution < -0.4 is 19.5 Å². The molecule has 0 unspecified atom stereocenters. The lowest BCUT2D eigenvalue weighted by Gasteiger charge is -2.11. The maximum atomic E-state index is 12.4. The minimum absolute atomic E-state index is 0.209. The van der Waals surface area contributed by atoms with Crippen molar-refractivity contribution in [1.82, 2.24) is 0 Å². The molecule has 0 fully saturated rings. The van der Waals surface area contributed by atoms with E-state index in [2.05, 4.69) is 5.32 Å². The van der Waals surface area contributed by atoms with Gasteiger partial charge in [-0.15, -0.1) is 0 Å². The van der Waals surface area contributed by atoms with E-state index in [1.165, 1.54) is 0 Å². The zero-order valence-electron chi connectivity index (χ0n) is 13.6. The summed E-state index contributed by atoms with van der Waals surface area (Å²) in [4.78, 5) is 12.4. The lowest BCUT2D eigenvalue weighted by atomic mass is 10.2. The van der Waals surface area contributed by atoms with E-state index < -0.39 is 0 Å². The molecule has 0 aliphatic rings. The third-order valence-corrected chi connectivity index (χ3v) is 3.21. The first-order valence-corrected chi connectivity index (χ1v) is 7.44. The summed E-state index contributed by atoms with van der Waals surface area (Å²) in [6.07, 6.45) is 0.919. The van der Waals surface area contributed by atoms with Crippen LogP contribution in [0.1, 0.15) is 23.7 Å². The van der Waals surface area contributed by atoms with Crippen LogP contribution in [0.2, 0.25) is 0 Å². The summed E-state index contributed by atoms with van der Waals surface area (Å²) in [5, 5.41) is 2.84. The number of amides is 1. The molecule has 1 amide bonds. The average molecular weight is 315 g/mol. The molecule has 0 aromatic heterocycles. The standard InChI is InChI=1S/C18H21NO4/c1-4-10-23-15-7-5-6-13(11-15)18(20)19-14-8-9-16(21-2)17(12-14)22-3/h5-9,11-12H,4,10H2,1-3H3,(H,19,20). The Hall–Kier alpha value is -2.69. The van der Waals surface area contributed by atoms with Crippen LogP contribution >= 0.6 is 0 Å². The van der Waals surface area contributed by atoms with E-state index in [4.69, 9.17) is 14.2 Å². The van der Waals surface area contributed by atoms with E-state index in [1.807, 2.05) is 13.0 Å². The highest BCUT2D eigenvalue weighted by molar-refractivity contribution is 6.04. The Labute approximate surface area is 136 Å². The van der Waals surface area contributed by atoms with E-state index in [1.54, 1.807) is 50.6 Å². The van der Waals surface area contributed by atoms with Crippen LogP contribution in [-0.4, -0.2) is 26.7 Å². The molecular formula is C18H21NO4. The smallest absolute Gasteiger partial charge is 0.255 e. The predicted molar refractivity (Wildman–Crippen MR) is 89.7 cm³/mol. The van der Waals surface area contributed by atoms with Crippen molar-refractivity contribution in [2.45, 2.75) is 13.3 Å². The molecule has 0 aliphatic heterocycles. The van der Waals surface area contributed by atoms with Gasteiger partial charge in [0.2, 0.25) is 0 Å². The Morgan fingerprint density at radius 2 is 1.83 bits per heavy atom. The van der Waals surface area contributed by atoms with Crippen molar-refractivity contribution in [2.24, 2.45) is 0 Å². The van der Waals surface area contributed by atoms with Gasteiger partial charge in [0, 0.05) is 17.3 Å². The number of hydrogen-bond acceptors (Lipinski definition) is 4. The molecular weight excluding hydrogens is 294 g/mol. The molecule has 5 heteroatoms. The fourth-order valence-corrected chi connectivity index (χ4v) is 2.06. The van der Waals surface area contributed by atoms with Gasteiger partial charge in [-0.25, -0.2) is 0 Å². The number of rotatable bonds is 7.